The zero-order valence-electron chi connectivity index (χ0n) is 11.1. The van der Waals surface area contributed by atoms with E-state index in [0.717, 1.165) is 32.7 Å². The van der Waals surface area contributed by atoms with Crippen LogP contribution in [0.25, 0.3) is 0 Å². The molecule has 1 aromatic rings. The van der Waals surface area contributed by atoms with Crippen molar-refractivity contribution in [1.82, 2.24) is 15.1 Å². The van der Waals surface area contributed by atoms with Gasteiger partial charge in [-0.1, -0.05) is 6.07 Å². The number of nitrogens with zero attached hydrogens (tertiary/aromatic N) is 2. The van der Waals surface area contributed by atoms with Crippen LogP contribution < -0.4 is 5.32 Å². The largest absolute Gasteiger partial charge is 0.358 e. The summed E-state index contributed by atoms with van der Waals surface area (Å²) in [7, 11) is 1.70. The van der Waals surface area contributed by atoms with Crippen molar-refractivity contribution in [2.75, 3.05) is 33.2 Å². The summed E-state index contributed by atoms with van der Waals surface area (Å²) in [6.45, 7) is 7.05. The molecule has 0 aliphatic carbocycles. The average molecular weight is 267 g/mol. The Bertz CT molecular complexity index is 372. The van der Waals surface area contributed by atoms with Crippen LogP contribution in [0.3, 0.4) is 0 Å². The van der Waals surface area contributed by atoms with Crippen LogP contribution in [0.15, 0.2) is 17.5 Å². The van der Waals surface area contributed by atoms with Crippen LogP contribution in [0.1, 0.15) is 11.8 Å². The minimum absolute atomic E-state index is 0.0149. The Morgan fingerprint density at radius 2 is 2.17 bits per heavy atom. The molecule has 4 nitrogen and oxygen atoms in total. The molecule has 0 aromatic carbocycles. The van der Waals surface area contributed by atoms with Gasteiger partial charge in [-0.15, -0.1) is 11.3 Å². The SMILES string of the molecule is CNC(=O)[C@H](C)N1CCN(Cc2cccs2)CC1. The number of carbonyl (C=O) groups is 1. The maximum Gasteiger partial charge on any atom is 0.236 e. The zero-order valence-corrected chi connectivity index (χ0v) is 11.9. The van der Waals surface area contributed by atoms with Gasteiger partial charge in [-0.2, -0.15) is 0 Å². The molecule has 1 saturated heterocycles. The van der Waals surface area contributed by atoms with Gasteiger partial charge in [0.05, 0.1) is 6.04 Å². The Morgan fingerprint density at radius 1 is 1.44 bits per heavy atom. The van der Waals surface area contributed by atoms with E-state index in [2.05, 4.69) is 32.6 Å². The number of hydrogen-bond donors (Lipinski definition) is 1. The summed E-state index contributed by atoms with van der Waals surface area (Å²) in [5.41, 5.74) is 0. The summed E-state index contributed by atoms with van der Waals surface area (Å²) in [6, 6.07) is 4.27. The third kappa shape index (κ3) is 3.31. The van der Waals surface area contributed by atoms with E-state index in [1.165, 1.54) is 4.88 Å². The molecule has 0 spiro atoms. The third-order valence-electron chi connectivity index (χ3n) is 3.54. The van der Waals surface area contributed by atoms with Crippen molar-refractivity contribution in [3.63, 3.8) is 0 Å². The van der Waals surface area contributed by atoms with Crippen LogP contribution in [0.4, 0.5) is 0 Å². The first kappa shape index (κ1) is 13.5. The molecule has 1 aliphatic rings. The van der Waals surface area contributed by atoms with Crippen LogP contribution in [0, 0.1) is 0 Å². The van der Waals surface area contributed by atoms with Gasteiger partial charge in [0.15, 0.2) is 0 Å². The van der Waals surface area contributed by atoms with E-state index in [0.29, 0.717) is 0 Å². The molecule has 1 N–H and O–H groups in total. The Balaban J connectivity index is 1.79. The van der Waals surface area contributed by atoms with Gasteiger partial charge >= 0.3 is 0 Å². The van der Waals surface area contributed by atoms with Crippen LogP contribution in [-0.4, -0.2) is 55.0 Å². The van der Waals surface area contributed by atoms with E-state index in [-0.39, 0.29) is 11.9 Å². The summed E-state index contributed by atoms with van der Waals surface area (Å²) in [4.78, 5) is 17.7. The van der Waals surface area contributed by atoms with Gasteiger partial charge in [0, 0.05) is 44.6 Å². The van der Waals surface area contributed by atoms with Gasteiger partial charge in [0.1, 0.15) is 0 Å². The van der Waals surface area contributed by atoms with Crippen molar-refractivity contribution in [3.8, 4) is 0 Å². The Labute approximate surface area is 113 Å². The lowest BCUT2D eigenvalue weighted by atomic mass is 10.2. The Hall–Kier alpha value is -0.910. The summed E-state index contributed by atoms with van der Waals surface area (Å²) < 4.78 is 0. The number of nitrogens with one attached hydrogen (secondary N) is 1. The summed E-state index contributed by atoms with van der Waals surface area (Å²) in [5.74, 6) is 0.113. The molecule has 1 aliphatic heterocycles. The van der Waals surface area contributed by atoms with Crippen molar-refractivity contribution < 1.29 is 4.79 Å². The van der Waals surface area contributed by atoms with Gasteiger partial charge in [-0.3, -0.25) is 14.6 Å². The number of rotatable bonds is 4. The molecule has 18 heavy (non-hydrogen) atoms. The fourth-order valence-electron chi connectivity index (χ4n) is 2.31. The monoisotopic (exact) mass is 267 g/mol. The molecular formula is C13H21N3OS. The maximum absolute atomic E-state index is 11.6. The first-order valence-electron chi connectivity index (χ1n) is 6.41. The van der Waals surface area contributed by atoms with E-state index >= 15 is 0 Å². The van der Waals surface area contributed by atoms with E-state index in [9.17, 15) is 4.79 Å². The number of piperazine rings is 1. The summed E-state index contributed by atoms with van der Waals surface area (Å²) in [5, 5.41) is 4.84. The molecule has 5 heteroatoms. The van der Waals surface area contributed by atoms with E-state index < -0.39 is 0 Å². The molecule has 0 saturated carbocycles. The lowest BCUT2D eigenvalue weighted by Gasteiger charge is -2.37. The molecular weight excluding hydrogens is 246 g/mol. The minimum atomic E-state index is -0.0149. The lowest BCUT2D eigenvalue weighted by molar-refractivity contribution is -0.126. The normalized spacial score (nSPS) is 19.7. The molecule has 2 rings (SSSR count). The maximum atomic E-state index is 11.6. The quantitative estimate of drug-likeness (QED) is 0.884. The van der Waals surface area contributed by atoms with Crippen molar-refractivity contribution in [1.29, 1.82) is 0 Å². The molecule has 1 amide bonds. The van der Waals surface area contributed by atoms with E-state index in [4.69, 9.17) is 0 Å². The predicted molar refractivity (Wildman–Crippen MR) is 74.7 cm³/mol. The highest BCUT2D eigenvalue weighted by Gasteiger charge is 2.24. The lowest BCUT2D eigenvalue weighted by Crippen LogP contribution is -2.53. The predicted octanol–water partition coefficient (Wildman–Crippen LogP) is 1.00. The second-order valence-corrected chi connectivity index (χ2v) is 5.71. The van der Waals surface area contributed by atoms with Crippen LogP contribution >= 0.6 is 11.3 Å². The van der Waals surface area contributed by atoms with Gasteiger partial charge in [-0.25, -0.2) is 0 Å². The number of hydrogen-bond acceptors (Lipinski definition) is 4. The minimum Gasteiger partial charge on any atom is -0.358 e. The van der Waals surface area contributed by atoms with E-state index in [1.807, 2.05) is 18.3 Å². The first-order valence-corrected chi connectivity index (χ1v) is 7.29. The van der Waals surface area contributed by atoms with Crippen molar-refractivity contribution in [2.24, 2.45) is 0 Å². The fraction of sp³-hybridized carbons (Fsp3) is 0.615. The Kier molecular flexibility index (Phi) is 4.74. The fourth-order valence-corrected chi connectivity index (χ4v) is 3.05. The molecule has 1 atom stereocenters. The number of carbonyl (C=O) groups excluding carboxylic acids is 1. The standard InChI is InChI=1S/C13H21N3OS/c1-11(13(17)14-2)16-7-5-15(6-8-16)10-12-4-3-9-18-12/h3-4,9,11H,5-8,10H2,1-2H3,(H,14,17)/t11-/m0/s1. The second-order valence-electron chi connectivity index (χ2n) is 4.68. The zero-order chi connectivity index (χ0) is 13.0. The van der Waals surface area contributed by atoms with Crippen LogP contribution in [0.5, 0.6) is 0 Å². The topological polar surface area (TPSA) is 35.6 Å². The van der Waals surface area contributed by atoms with Gasteiger partial charge in [0.2, 0.25) is 5.91 Å². The molecule has 0 radical (unpaired) electrons. The van der Waals surface area contributed by atoms with Crippen molar-refractivity contribution in [2.45, 2.75) is 19.5 Å². The number of likely N-dealkylation sites (N-methyl/N-ethyl adjacent to an activating group) is 1. The number of thiophene rings is 1. The van der Waals surface area contributed by atoms with E-state index in [1.54, 1.807) is 7.05 Å². The van der Waals surface area contributed by atoms with Gasteiger partial charge < -0.3 is 5.32 Å². The number of amides is 1. The van der Waals surface area contributed by atoms with Crippen LogP contribution in [-0.2, 0) is 11.3 Å². The Morgan fingerprint density at radius 3 is 2.72 bits per heavy atom. The third-order valence-corrected chi connectivity index (χ3v) is 4.40. The molecule has 1 aromatic heterocycles. The smallest absolute Gasteiger partial charge is 0.236 e. The average Bonchev–Trinajstić information content (AvgIpc) is 2.91. The molecule has 1 fully saturated rings. The highest BCUT2D eigenvalue weighted by Crippen LogP contribution is 2.14. The summed E-state index contributed by atoms with van der Waals surface area (Å²) in [6.07, 6.45) is 0. The van der Waals surface area contributed by atoms with Gasteiger partial charge in [-0.05, 0) is 18.4 Å². The molecule has 2 heterocycles. The van der Waals surface area contributed by atoms with Crippen molar-refractivity contribution >= 4 is 17.2 Å². The molecule has 100 valence electrons. The van der Waals surface area contributed by atoms with Gasteiger partial charge in [0.25, 0.3) is 0 Å². The first-order chi connectivity index (χ1) is 8.70. The van der Waals surface area contributed by atoms with Crippen LogP contribution in [0.2, 0.25) is 0 Å². The summed E-state index contributed by atoms with van der Waals surface area (Å²) >= 11 is 1.81. The molecule has 0 bridgehead atoms. The highest BCUT2D eigenvalue weighted by molar-refractivity contribution is 7.09. The molecule has 0 unspecified atom stereocenters. The second kappa shape index (κ2) is 6.31. The highest BCUT2D eigenvalue weighted by atomic mass is 32.1. The van der Waals surface area contributed by atoms with Crippen molar-refractivity contribution in [3.05, 3.63) is 22.4 Å².